The summed E-state index contributed by atoms with van der Waals surface area (Å²) in [6.07, 6.45) is 2.54. The van der Waals surface area contributed by atoms with E-state index in [1.165, 1.54) is 6.20 Å². The van der Waals surface area contributed by atoms with E-state index in [-0.39, 0.29) is 17.3 Å². The van der Waals surface area contributed by atoms with Gasteiger partial charge in [0.1, 0.15) is 5.15 Å². The molecule has 0 atom stereocenters. The number of sulfonamides is 1. The Bertz CT molecular complexity index is 572. The van der Waals surface area contributed by atoms with E-state index >= 15 is 0 Å². The minimum atomic E-state index is -3.34. The van der Waals surface area contributed by atoms with Gasteiger partial charge in [0, 0.05) is 18.3 Å². The van der Waals surface area contributed by atoms with E-state index in [9.17, 15) is 13.2 Å². The summed E-state index contributed by atoms with van der Waals surface area (Å²) < 4.78 is 24.7. The molecule has 0 saturated heterocycles. The van der Waals surface area contributed by atoms with Gasteiger partial charge in [-0.2, -0.15) is 0 Å². The highest BCUT2D eigenvalue weighted by atomic mass is 35.5. The summed E-state index contributed by atoms with van der Waals surface area (Å²) in [6.45, 7) is 3.46. The van der Waals surface area contributed by atoms with E-state index in [4.69, 9.17) is 11.6 Å². The van der Waals surface area contributed by atoms with E-state index in [2.05, 4.69) is 15.0 Å². The molecule has 0 fully saturated rings. The zero-order valence-electron chi connectivity index (χ0n) is 10.9. The number of hydrogen-bond donors (Lipinski definition) is 2. The Kier molecular flexibility index (Phi) is 4.89. The molecule has 6 nitrogen and oxygen atoms in total. The lowest BCUT2D eigenvalue weighted by Gasteiger charge is -2.25. The number of carbonyl (C=O) groups is 1. The lowest BCUT2D eigenvalue weighted by atomic mass is 10.1. The van der Waals surface area contributed by atoms with Crippen LogP contribution in [-0.4, -0.2) is 37.6 Å². The fraction of sp³-hybridized carbons (Fsp3) is 0.455. The van der Waals surface area contributed by atoms with Crippen molar-refractivity contribution in [2.24, 2.45) is 0 Å². The first kappa shape index (κ1) is 15.9. The van der Waals surface area contributed by atoms with Crippen molar-refractivity contribution in [3.63, 3.8) is 0 Å². The highest BCUT2D eigenvalue weighted by Gasteiger charge is 2.23. The quantitative estimate of drug-likeness (QED) is 0.787. The normalized spacial score (nSPS) is 12.2. The summed E-state index contributed by atoms with van der Waals surface area (Å²) in [4.78, 5) is 15.7. The molecular formula is C11H16ClN3O3S. The molecule has 1 aromatic heterocycles. The standard InChI is InChI=1S/C11H16ClN3O3S/c1-11(2,15-19(3,17)18)7-14-10(16)8-5-4-6-13-9(8)12/h4-6,15H,7H2,1-3H3,(H,14,16). The molecule has 1 amide bonds. The molecule has 0 saturated carbocycles. The number of pyridine rings is 1. The summed E-state index contributed by atoms with van der Waals surface area (Å²) in [5.41, 5.74) is -0.544. The highest BCUT2D eigenvalue weighted by Crippen LogP contribution is 2.11. The zero-order chi connectivity index (χ0) is 14.7. The summed E-state index contributed by atoms with van der Waals surface area (Å²) in [7, 11) is -3.34. The Labute approximate surface area is 117 Å². The van der Waals surface area contributed by atoms with Gasteiger partial charge in [0.25, 0.3) is 5.91 Å². The van der Waals surface area contributed by atoms with Crippen molar-refractivity contribution in [2.75, 3.05) is 12.8 Å². The second-order valence-electron chi connectivity index (χ2n) is 4.78. The lowest BCUT2D eigenvalue weighted by molar-refractivity contribution is 0.0944. The minimum Gasteiger partial charge on any atom is -0.350 e. The van der Waals surface area contributed by atoms with E-state index < -0.39 is 21.5 Å². The van der Waals surface area contributed by atoms with E-state index in [0.29, 0.717) is 0 Å². The molecule has 1 rings (SSSR count). The third kappa shape index (κ3) is 5.54. The maximum Gasteiger partial charge on any atom is 0.254 e. The van der Waals surface area contributed by atoms with Crippen molar-refractivity contribution in [1.82, 2.24) is 15.0 Å². The fourth-order valence-corrected chi connectivity index (χ4v) is 2.77. The van der Waals surface area contributed by atoms with Crippen LogP contribution < -0.4 is 10.0 Å². The Morgan fingerprint density at radius 1 is 1.47 bits per heavy atom. The van der Waals surface area contributed by atoms with Crippen LogP contribution in [0.3, 0.4) is 0 Å². The predicted octanol–water partition coefficient (Wildman–Crippen LogP) is 0.793. The molecule has 106 valence electrons. The Hall–Kier alpha value is -1.18. The summed E-state index contributed by atoms with van der Waals surface area (Å²) in [5, 5.41) is 2.72. The topological polar surface area (TPSA) is 88.2 Å². The highest BCUT2D eigenvalue weighted by molar-refractivity contribution is 7.88. The van der Waals surface area contributed by atoms with Gasteiger partial charge in [0.15, 0.2) is 0 Å². The second-order valence-corrected chi connectivity index (χ2v) is 6.89. The molecule has 8 heteroatoms. The first-order valence-electron chi connectivity index (χ1n) is 5.48. The van der Waals surface area contributed by atoms with E-state index in [1.54, 1.807) is 26.0 Å². The van der Waals surface area contributed by atoms with Crippen molar-refractivity contribution in [3.8, 4) is 0 Å². The van der Waals surface area contributed by atoms with Gasteiger partial charge in [-0.25, -0.2) is 18.1 Å². The number of halogens is 1. The van der Waals surface area contributed by atoms with Crippen molar-refractivity contribution in [2.45, 2.75) is 19.4 Å². The number of aromatic nitrogens is 1. The van der Waals surface area contributed by atoms with Gasteiger partial charge < -0.3 is 5.32 Å². The van der Waals surface area contributed by atoms with Crippen LogP contribution in [0.2, 0.25) is 5.15 Å². The predicted molar refractivity (Wildman–Crippen MR) is 73.6 cm³/mol. The largest absolute Gasteiger partial charge is 0.350 e. The van der Waals surface area contributed by atoms with Crippen LogP contribution in [0, 0.1) is 0 Å². The molecule has 0 aliphatic rings. The molecule has 1 aromatic rings. The third-order valence-electron chi connectivity index (χ3n) is 2.16. The summed E-state index contributed by atoms with van der Waals surface area (Å²) in [6, 6.07) is 3.14. The van der Waals surface area contributed by atoms with Gasteiger partial charge in [0.2, 0.25) is 10.0 Å². The Morgan fingerprint density at radius 2 is 2.11 bits per heavy atom. The minimum absolute atomic E-state index is 0.105. The van der Waals surface area contributed by atoms with Crippen LogP contribution in [0.4, 0.5) is 0 Å². The molecule has 0 unspecified atom stereocenters. The third-order valence-corrected chi connectivity index (χ3v) is 3.38. The molecule has 0 aromatic carbocycles. The molecule has 0 aliphatic carbocycles. The molecular weight excluding hydrogens is 290 g/mol. The van der Waals surface area contributed by atoms with Crippen LogP contribution in [0.25, 0.3) is 0 Å². The SMILES string of the molecule is CC(C)(CNC(=O)c1cccnc1Cl)NS(C)(=O)=O. The Morgan fingerprint density at radius 3 is 2.63 bits per heavy atom. The number of nitrogens with zero attached hydrogens (tertiary/aromatic N) is 1. The van der Waals surface area contributed by atoms with Gasteiger partial charge in [-0.05, 0) is 26.0 Å². The molecule has 0 bridgehead atoms. The van der Waals surface area contributed by atoms with Crippen LogP contribution >= 0.6 is 11.6 Å². The smallest absolute Gasteiger partial charge is 0.254 e. The molecule has 2 N–H and O–H groups in total. The number of rotatable bonds is 5. The number of carbonyl (C=O) groups excluding carboxylic acids is 1. The average molecular weight is 306 g/mol. The summed E-state index contributed by atoms with van der Waals surface area (Å²) >= 11 is 5.79. The van der Waals surface area contributed by atoms with Crippen molar-refractivity contribution in [3.05, 3.63) is 29.0 Å². The zero-order valence-corrected chi connectivity index (χ0v) is 12.5. The van der Waals surface area contributed by atoms with Gasteiger partial charge in [-0.3, -0.25) is 4.79 Å². The maximum atomic E-state index is 11.9. The first-order chi connectivity index (χ1) is 8.61. The molecule has 0 aliphatic heterocycles. The first-order valence-corrected chi connectivity index (χ1v) is 7.75. The molecule has 0 spiro atoms. The van der Waals surface area contributed by atoms with Gasteiger partial charge in [-0.1, -0.05) is 11.6 Å². The monoisotopic (exact) mass is 305 g/mol. The van der Waals surface area contributed by atoms with E-state index in [1.807, 2.05) is 0 Å². The molecule has 0 radical (unpaired) electrons. The number of hydrogen-bond acceptors (Lipinski definition) is 4. The molecule has 1 heterocycles. The molecule has 19 heavy (non-hydrogen) atoms. The van der Waals surface area contributed by atoms with Crippen molar-refractivity contribution in [1.29, 1.82) is 0 Å². The number of nitrogens with one attached hydrogen (secondary N) is 2. The number of amides is 1. The van der Waals surface area contributed by atoms with Crippen LogP contribution in [-0.2, 0) is 10.0 Å². The van der Waals surface area contributed by atoms with E-state index in [0.717, 1.165) is 6.26 Å². The lowest BCUT2D eigenvalue weighted by Crippen LogP contribution is -2.51. The van der Waals surface area contributed by atoms with Crippen LogP contribution in [0.5, 0.6) is 0 Å². The van der Waals surface area contributed by atoms with Crippen molar-refractivity contribution < 1.29 is 13.2 Å². The fourth-order valence-electron chi connectivity index (χ4n) is 1.49. The van der Waals surface area contributed by atoms with Crippen LogP contribution in [0.15, 0.2) is 18.3 Å². The average Bonchev–Trinajstić information content (AvgIpc) is 2.23. The second kappa shape index (κ2) is 5.85. The summed E-state index contributed by atoms with van der Waals surface area (Å²) in [5.74, 6) is -0.401. The van der Waals surface area contributed by atoms with Gasteiger partial charge in [-0.15, -0.1) is 0 Å². The van der Waals surface area contributed by atoms with Gasteiger partial charge in [0.05, 0.1) is 11.8 Å². The van der Waals surface area contributed by atoms with Gasteiger partial charge >= 0.3 is 0 Å². The maximum absolute atomic E-state index is 11.9. The van der Waals surface area contributed by atoms with Crippen molar-refractivity contribution >= 4 is 27.5 Å². The van der Waals surface area contributed by atoms with Crippen LogP contribution in [0.1, 0.15) is 24.2 Å². The Balaban J connectivity index is 2.67.